The summed E-state index contributed by atoms with van der Waals surface area (Å²) < 4.78 is 11.0. The van der Waals surface area contributed by atoms with Crippen LogP contribution in [0.5, 0.6) is 11.5 Å². The zero-order chi connectivity index (χ0) is 14.5. The van der Waals surface area contributed by atoms with E-state index in [1.165, 1.54) is 0 Å². The Kier molecular flexibility index (Phi) is 4.88. The van der Waals surface area contributed by atoms with Crippen LogP contribution in [0, 0.1) is 0 Å². The van der Waals surface area contributed by atoms with Crippen LogP contribution in [0.1, 0.15) is 24.2 Å². The Labute approximate surface area is 123 Å². The summed E-state index contributed by atoms with van der Waals surface area (Å²) in [5, 5.41) is 10.2. The first kappa shape index (κ1) is 14.7. The third-order valence-electron chi connectivity index (χ3n) is 3.01. The SMILES string of the molecule is COc1cc([C@H](C)O)ccc1OCc1ccccc1Cl. The van der Waals surface area contributed by atoms with E-state index in [-0.39, 0.29) is 0 Å². The van der Waals surface area contributed by atoms with Crippen LogP contribution >= 0.6 is 11.6 Å². The fourth-order valence-corrected chi connectivity index (χ4v) is 2.02. The molecule has 0 fully saturated rings. The Morgan fingerprint density at radius 2 is 1.90 bits per heavy atom. The van der Waals surface area contributed by atoms with E-state index in [4.69, 9.17) is 21.1 Å². The summed E-state index contributed by atoms with van der Waals surface area (Å²) >= 11 is 6.09. The van der Waals surface area contributed by atoms with E-state index >= 15 is 0 Å². The van der Waals surface area contributed by atoms with Gasteiger partial charge in [-0.2, -0.15) is 0 Å². The van der Waals surface area contributed by atoms with Crippen molar-refractivity contribution in [2.75, 3.05) is 7.11 Å². The van der Waals surface area contributed by atoms with Gasteiger partial charge in [0, 0.05) is 10.6 Å². The molecule has 0 bridgehead atoms. The second-order valence-corrected chi connectivity index (χ2v) is 4.87. The first-order chi connectivity index (χ1) is 9.61. The quantitative estimate of drug-likeness (QED) is 0.906. The number of hydrogen-bond donors (Lipinski definition) is 1. The lowest BCUT2D eigenvalue weighted by Gasteiger charge is -2.13. The van der Waals surface area contributed by atoms with Gasteiger partial charge in [-0.25, -0.2) is 0 Å². The normalized spacial score (nSPS) is 12.0. The van der Waals surface area contributed by atoms with Crippen LogP contribution in [0.15, 0.2) is 42.5 Å². The molecule has 2 aromatic rings. The molecule has 1 N–H and O–H groups in total. The van der Waals surface area contributed by atoms with Crippen LogP contribution in [0.2, 0.25) is 5.02 Å². The minimum atomic E-state index is -0.540. The lowest BCUT2D eigenvalue weighted by atomic mass is 10.1. The Bertz CT molecular complexity index is 582. The molecule has 0 unspecified atom stereocenters. The van der Waals surface area contributed by atoms with Crippen molar-refractivity contribution >= 4 is 11.6 Å². The van der Waals surface area contributed by atoms with E-state index < -0.39 is 6.10 Å². The van der Waals surface area contributed by atoms with Gasteiger partial charge in [-0.05, 0) is 30.7 Å². The van der Waals surface area contributed by atoms with Crippen molar-refractivity contribution < 1.29 is 14.6 Å². The van der Waals surface area contributed by atoms with Gasteiger partial charge in [0.15, 0.2) is 11.5 Å². The predicted molar refractivity (Wildman–Crippen MR) is 79.4 cm³/mol. The van der Waals surface area contributed by atoms with Gasteiger partial charge in [-0.15, -0.1) is 0 Å². The fourth-order valence-electron chi connectivity index (χ4n) is 1.83. The zero-order valence-corrected chi connectivity index (χ0v) is 12.2. The summed E-state index contributed by atoms with van der Waals surface area (Å²) in [6.45, 7) is 2.07. The van der Waals surface area contributed by atoms with Gasteiger partial charge < -0.3 is 14.6 Å². The average molecular weight is 293 g/mol. The molecule has 0 amide bonds. The maximum absolute atomic E-state index is 9.57. The van der Waals surface area contributed by atoms with Crippen LogP contribution < -0.4 is 9.47 Å². The molecular weight excluding hydrogens is 276 g/mol. The maximum Gasteiger partial charge on any atom is 0.161 e. The van der Waals surface area contributed by atoms with Gasteiger partial charge >= 0.3 is 0 Å². The number of rotatable bonds is 5. The molecule has 0 aliphatic carbocycles. The molecule has 3 nitrogen and oxygen atoms in total. The number of aliphatic hydroxyl groups excluding tert-OH is 1. The smallest absolute Gasteiger partial charge is 0.161 e. The first-order valence-corrected chi connectivity index (χ1v) is 6.72. The van der Waals surface area contributed by atoms with Crippen molar-refractivity contribution in [3.63, 3.8) is 0 Å². The molecule has 1 atom stereocenters. The highest BCUT2D eigenvalue weighted by atomic mass is 35.5. The largest absolute Gasteiger partial charge is 0.493 e. The highest BCUT2D eigenvalue weighted by Crippen LogP contribution is 2.31. The molecule has 0 heterocycles. The van der Waals surface area contributed by atoms with E-state index in [1.54, 1.807) is 26.2 Å². The summed E-state index contributed by atoms with van der Waals surface area (Å²) in [6.07, 6.45) is -0.540. The van der Waals surface area contributed by atoms with Crippen molar-refractivity contribution in [1.82, 2.24) is 0 Å². The maximum atomic E-state index is 9.57. The third kappa shape index (κ3) is 3.44. The Morgan fingerprint density at radius 1 is 1.15 bits per heavy atom. The van der Waals surface area contributed by atoms with Crippen molar-refractivity contribution in [3.8, 4) is 11.5 Å². The summed E-state index contributed by atoms with van der Waals surface area (Å²) in [7, 11) is 1.57. The Hall–Kier alpha value is -1.71. The molecule has 2 aromatic carbocycles. The zero-order valence-electron chi connectivity index (χ0n) is 11.5. The van der Waals surface area contributed by atoms with Crippen LogP contribution in [-0.2, 0) is 6.61 Å². The third-order valence-corrected chi connectivity index (χ3v) is 3.38. The van der Waals surface area contributed by atoms with Crippen molar-refractivity contribution in [3.05, 3.63) is 58.6 Å². The van der Waals surface area contributed by atoms with Gasteiger partial charge in [-0.3, -0.25) is 0 Å². The number of aliphatic hydroxyl groups is 1. The molecule has 2 rings (SSSR count). The van der Waals surface area contributed by atoms with Gasteiger partial charge in [0.1, 0.15) is 6.61 Å². The summed E-state index contributed by atoms with van der Waals surface area (Å²) in [5.41, 5.74) is 1.70. The van der Waals surface area contributed by atoms with Gasteiger partial charge in [0.05, 0.1) is 13.2 Å². The molecule has 0 spiro atoms. The summed E-state index contributed by atoms with van der Waals surface area (Å²) in [5.74, 6) is 1.22. The number of ether oxygens (including phenoxy) is 2. The molecule has 0 saturated carbocycles. The van der Waals surface area contributed by atoms with Crippen molar-refractivity contribution in [2.24, 2.45) is 0 Å². The molecule has 0 aliphatic heterocycles. The highest BCUT2D eigenvalue weighted by molar-refractivity contribution is 6.31. The molecule has 0 saturated heterocycles. The molecule has 106 valence electrons. The first-order valence-electron chi connectivity index (χ1n) is 6.34. The number of benzene rings is 2. The van der Waals surface area contributed by atoms with Crippen molar-refractivity contribution in [1.29, 1.82) is 0 Å². The van der Waals surface area contributed by atoms with E-state index in [1.807, 2.05) is 30.3 Å². The van der Waals surface area contributed by atoms with E-state index in [9.17, 15) is 5.11 Å². The average Bonchev–Trinajstić information content (AvgIpc) is 2.46. The van der Waals surface area contributed by atoms with Crippen LogP contribution in [0.3, 0.4) is 0 Å². The topological polar surface area (TPSA) is 38.7 Å². The predicted octanol–water partition coefficient (Wildman–Crippen LogP) is 3.98. The Balaban J connectivity index is 2.15. The van der Waals surface area contributed by atoms with Crippen molar-refractivity contribution in [2.45, 2.75) is 19.6 Å². The van der Waals surface area contributed by atoms with E-state index in [0.717, 1.165) is 11.1 Å². The minimum absolute atomic E-state index is 0.365. The lowest BCUT2D eigenvalue weighted by Crippen LogP contribution is -2.00. The van der Waals surface area contributed by atoms with Crippen LogP contribution in [-0.4, -0.2) is 12.2 Å². The molecule has 4 heteroatoms. The summed E-state index contributed by atoms with van der Waals surface area (Å²) in [6, 6.07) is 12.9. The second-order valence-electron chi connectivity index (χ2n) is 4.47. The number of hydrogen-bond acceptors (Lipinski definition) is 3. The molecule has 0 aliphatic rings. The minimum Gasteiger partial charge on any atom is -0.493 e. The van der Waals surface area contributed by atoms with Gasteiger partial charge in [0.2, 0.25) is 0 Å². The molecular formula is C16H17ClO3. The monoisotopic (exact) mass is 292 g/mol. The Morgan fingerprint density at radius 3 is 2.55 bits per heavy atom. The highest BCUT2D eigenvalue weighted by Gasteiger charge is 2.09. The van der Waals surface area contributed by atoms with Crippen LogP contribution in [0.4, 0.5) is 0 Å². The fraction of sp³-hybridized carbons (Fsp3) is 0.250. The van der Waals surface area contributed by atoms with E-state index in [2.05, 4.69) is 0 Å². The van der Waals surface area contributed by atoms with Gasteiger partial charge in [-0.1, -0.05) is 35.9 Å². The molecule has 0 aromatic heterocycles. The van der Waals surface area contributed by atoms with Gasteiger partial charge in [0.25, 0.3) is 0 Å². The molecule has 0 radical (unpaired) electrons. The second kappa shape index (κ2) is 6.64. The van der Waals surface area contributed by atoms with E-state index in [0.29, 0.717) is 23.1 Å². The number of methoxy groups -OCH3 is 1. The lowest BCUT2D eigenvalue weighted by molar-refractivity contribution is 0.198. The number of halogens is 1. The standard InChI is InChI=1S/C16H17ClO3/c1-11(18)12-7-8-15(16(9-12)19-2)20-10-13-5-3-4-6-14(13)17/h3-9,11,18H,10H2,1-2H3/t11-/m0/s1. The molecule has 20 heavy (non-hydrogen) atoms. The summed E-state index contributed by atoms with van der Waals surface area (Å²) in [4.78, 5) is 0. The van der Waals surface area contributed by atoms with Crippen LogP contribution in [0.25, 0.3) is 0 Å².